The van der Waals surface area contributed by atoms with Gasteiger partial charge in [-0.15, -0.1) is 0 Å². The highest BCUT2D eigenvalue weighted by Gasteiger charge is 2.27. The maximum atomic E-state index is 12.7. The van der Waals surface area contributed by atoms with Gasteiger partial charge in [-0.2, -0.15) is 4.31 Å². The van der Waals surface area contributed by atoms with Gasteiger partial charge in [0.15, 0.2) is 0 Å². The van der Waals surface area contributed by atoms with Crippen molar-refractivity contribution < 1.29 is 23.2 Å². The highest BCUT2D eigenvalue weighted by atomic mass is 32.2. The number of benzene rings is 2. The Bertz CT molecular complexity index is 948. The number of non-ortho nitro benzene ring substituents is 1. The van der Waals surface area contributed by atoms with Crippen molar-refractivity contribution in [2.75, 3.05) is 13.1 Å². The van der Waals surface area contributed by atoms with Gasteiger partial charge in [0.1, 0.15) is 0 Å². The van der Waals surface area contributed by atoms with Gasteiger partial charge in [0.05, 0.1) is 15.4 Å². The molecule has 0 radical (unpaired) electrons. The summed E-state index contributed by atoms with van der Waals surface area (Å²) in [4.78, 5) is 21.7. The largest absolute Gasteiger partial charge is 0.478 e. The minimum Gasteiger partial charge on any atom is -0.478 e. The second kappa shape index (κ2) is 6.85. The van der Waals surface area contributed by atoms with Gasteiger partial charge in [-0.25, -0.2) is 13.2 Å². The molecule has 0 atom stereocenters. The van der Waals surface area contributed by atoms with Gasteiger partial charge in [-0.1, -0.05) is 12.1 Å². The van der Waals surface area contributed by atoms with Crippen LogP contribution >= 0.6 is 0 Å². The van der Waals surface area contributed by atoms with Crippen molar-refractivity contribution in [1.29, 1.82) is 0 Å². The molecule has 0 saturated carbocycles. The number of nitrogens with zero attached hydrogens (tertiary/aromatic N) is 2. The van der Waals surface area contributed by atoms with E-state index in [1.165, 1.54) is 34.6 Å². The average molecular weight is 376 g/mol. The van der Waals surface area contributed by atoms with Crippen molar-refractivity contribution in [2.24, 2.45) is 0 Å². The molecule has 136 valence electrons. The lowest BCUT2D eigenvalue weighted by Crippen LogP contribution is -2.27. The first-order valence-electron chi connectivity index (χ1n) is 7.92. The van der Waals surface area contributed by atoms with Gasteiger partial charge in [0.2, 0.25) is 10.0 Å². The number of nitro groups is 1. The van der Waals surface area contributed by atoms with Crippen LogP contribution in [-0.4, -0.2) is 41.8 Å². The van der Waals surface area contributed by atoms with Crippen LogP contribution in [0.1, 0.15) is 23.2 Å². The third-order valence-corrected chi connectivity index (χ3v) is 6.14. The van der Waals surface area contributed by atoms with E-state index < -0.39 is 20.9 Å². The topological polar surface area (TPSA) is 118 Å². The predicted octanol–water partition coefficient (Wildman–Crippen LogP) is 2.74. The monoisotopic (exact) mass is 376 g/mol. The predicted molar refractivity (Wildman–Crippen MR) is 93.5 cm³/mol. The summed E-state index contributed by atoms with van der Waals surface area (Å²) >= 11 is 0. The number of carboxylic acid groups (broad SMARTS) is 1. The van der Waals surface area contributed by atoms with Gasteiger partial charge >= 0.3 is 5.97 Å². The Morgan fingerprint density at radius 3 is 2.38 bits per heavy atom. The highest BCUT2D eigenvalue weighted by molar-refractivity contribution is 7.89. The third-order valence-electron chi connectivity index (χ3n) is 4.25. The molecular formula is C17H16N2O6S. The van der Waals surface area contributed by atoms with E-state index in [1.807, 2.05) is 0 Å². The van der Waals surface area contributed by atoms with Gasteiger partial charge in [-0.05, 0) is 42.2 Å². The standard InChI is InChI=1S/C17H16N2O6S/c20-17(21)14-8-13(9-15(10-14)19(22)23)12-4-3-5-16(11-12)26(24,25)18-6-1-2-7-18/h3-5,8-11H,1-2,6-7H2,(H,20,21). The second-order valence-electron chi connectivity index (χ2n) is 5.97. The molecule has 1 N–H and O–H groups in total. The zero-order valence-corrected chi connectivity index (χ0v) is 14.5. The molecule has 1 fully saturated rings. The summed E-state index contributed by atoms with van der Waals surface area (Å²) in [5, 5.41) is 20.2. The van der Waals surface area contributed by atoms with E-state index in [-0.39, 0.29) is 21.7 Å². The van der Waals surface area contributed by atoms with Crippen LogP contribution in [0.2, 0.25) is 0 Å². The Kier molecular flexibility index (Phi) is 4.75. The summed E-state index contributed by atoms with van der Waals surface area (Å²) in [6.07, 6.45) is 1.62. The second-order valence-corrected chi connectivity index (χ2v) is 7.91. The van der Waals surface area contributed by atoms with E-state index >= 15 is 0 Å². The Hall–Kier alpha value is -2.78. The number of carbonyl (C=O) groups is 1. The molecular weight excluding hydrogens is 360 g/mol. The molecule has 2 aromatic rings. The lowest BCUT2D eigenvalue weighted by atomic mass is 10.0. The Labute approximate surface area is 149 Å². The van der Waals surface area contributed by atoms with Crippen LogP contribution in [0.4, 0.5) is 5.69 Å². The SMILES string of the molecule is O=C(O)c1cc(-c2cccc(S(=O)(=O)N3CCCC3)c2)cc([N+](=O)[O-])c1. The first-order chi connectivity index (χ1) is 12.3. The molecule has 9 heteroatoms. The van der Waals surface area contributed by atoms with Crippen LogP contribution in [0.15, 0.2) is 47.4 Å². The van der Waals surface area contributed by atoms with E-state index in [0.717, 1.165) is 18.9 Å². The number of rotatable bonds is 5. The quantitative estimate of drug-likeness (QED) is 0.633. The Morgan fingerprint density at radius 1 is 1.08 bits per heavy atom. The minimum absolute atomic E-state index is 0.0836. The zero-order chi connectivity index (χ0) is 18.9. The van der Waals surface area contributed by atoms with Gasteiger partial charge in [-0.3, -0.25) is 10.1 Å². The molecule has 0 bridgehead atoms. The normalized spacial score (nSPS) is 15.1. The number of sulfonamides is 1. The van der Waals surface area contributed by atoms with Crippen molar-refractivity contribution in [3.05, 3.63) is 58.1 Å². The number of hydrogen-bond acceptors (Lipinski definition) is 5. The molecule has 0 unspecified atom stereocenters. The number of nitro benzene ring substituents is 1. The van der Waals surface area contributed by atoms with E-state index in [1.54, 1.807) is 6.07 Å². The van der Waals surface area contributed by atoms with Crippen LogP contribution in [-0.2, 0) is 10.0 Å². The van der Waals surface area contributed by atoms with Gasteiger partial charge in [0.25, 0.3) is 5.69 Å². The van der Waals surface area contributed by atoms with Crippen molar-refractivity contribution in [3.8, 4) is 11.1 Å². The maximum Gasteiger partial charge on any atom is 0.335 e. The average Bonchev–Trinajstić information content (AvgIpc) is 3.17. The summed E-state index contributed by atoms with van der Waals surface area (Å²) in [5.74, 6) is -1.30. The van der Waals surface area contributed by atoms with Crippen molar-refractivity contribution in [2.45, 2.75) is 17.7 Å². The number of carboxylic acids is 1. The molecule has 0 spiro atoms. The lowest BCUT2D eigenvalue weighted by molar-refractivity contribution is -0.384. The zero-order valence-electron chi connectivity index (χ0n) is 13.7. The van der Waals surface area contributed by atoms with Crippen LogP contribution in [0, 0.1) is 10.1 Å². The summed E-state index contributed by atoms with van der Waals surface area (Å²) in [5.41, 5.74) is 0.0706. The van der Waals surface area contributed by atoms with Crippen LogP contribution in [0.5, 0.6) is 0 Å². The van der Waals surface area contributed by atoms with E-state index in [4.69, 9.17) is 5.11 Å². The Balaban J connectivity index is 2.08. The first kappa shape index (κ1) is 18.0. The highest BCUT2D eigenvalue weighted by Crippen LogP contribution is 2.29. The van der Waals surface area contributed by atoms with E-state index in [9.17, 15) is 23.3 Å². The molecule has 1 saturated heterocycles. The molecule has 1 aliphatic rings. The molecule has 0 aliphatic carbocycles. The molecule has 1 heterocycles. The van der Waals surface area contributed by atoms with Crippen molar-refractivity contribution in [3.63, 3.8) is 0 Å². The lowest BCUT2D eigenvalue weighted by Gasteiger charge is -2.16. The summed E-state index contributed by atoms with van der Waals surface area (Å²) in [6, 6.07) is 9.50. The molecule has 2 aromatic carbocycles. The van der Waals surface area contributed by atoms with E-state index in [2.05, 4.69) is 0 Å². The molecule has 0 amide bonds. The summed E-state index contributed by atoms with van der Waals surface area (Å²) < 4.78 is 26.8. The smallest absolute Gasteiger partial charge is 0.335 e. The maximum absolute atomic E-state index is 12.7. The van der Waals surface area contributed by atoms with Gasteiger partial charge in [0, 0.05) is 25.2 Å². The van der Waals surface area contributed by atoms with Crippen LogP contribution in [0.25, 0.3) is 11.1 Å². The van der Waals surface area contributed by atoms with Crippen molar-refractivity contribution >= 4 is 21.7 Å². The number of hydrogen-bond donors (Lipinski definition) is 1. The van der Waals surface area contributed by atoms with Gasteiger partial charge < -0.3 is 5.11 Å². The summed E-state index contributed by atoms with van der Waals surface area (Å²) in [7, 11) is -3.64. The molecule has 1 aliphatic heterocycles. The van der Waals surface area contributed by atoms with Crippen LogP contribution in [0.3, 0.4) is 0 Å². The fraction of sp³-hybridized carbons (Fsp3) is 0.235. The fourth-order valence-electron chi connectivity index (χ4n) is 2.92. The molecule has 0 aromatic heterocycles. The molecule has 26 heavy (non-hydrogen) atoms. The Morgan fingerprint density at radius 2 is 1.77 bits per heavy atom. The molecule has 8 nitrogen and oxygen atoms in total. The van der Waals surface area contributed by atoms with E-state index in [0.29, 0.717) is 18.7 Å². The first-order valence-corrected chi connectivity index (χ1v) is 9.36. The van der Waals surface area contributed by atoms with Crippen LogP contribution < -0.4 is 0 Å². The summed E-state index contributed by atoms with van der Waals surface area (Å²) in [6.45, 7) is 0.930. The minimum atomic E-state index is -3.64. The number of aromatic carboxylic acids is 1. The third kappa shape index (κ3) is 3.44. The fourth-order valence-corrected chi connectivity index (χ4v) is 4.48. The molecule has 3 rings (SSSR count). The van der Waals surface area contributed by atoms with Crippen molar-refractivity contribution in [1.82, 2.24) is 4.31 Å².